The Hall–Kier alpha value is -3.48. The minimum absolute atomic E-state index is 0.319. The lowest BCUT2D eigenvalue weighted by Gasteiger charge is -2.14. The molecule has 1 aliphatic carbocycles. The van der Waals surface area contributed by atoms with Crippen molar-refractivity contribution in [2.24, 2.45) is 0 Å². The predicted molar refractivity (Wildman–Crippen MR) is 135 cm³/mol. The van der Waals surface area contributed by atoms with E-state index in [1.807, 2.05) is 12.1 Å². The zero-order valence-electron chi connectivity index (χ0n) is 19.8. The Kier molecular flexibility index (Phi) is 6.30. The van der Waals surface area contributed by atoms with Crippen molar-refractivity contribution in [1.29, 1.82) is 0 Å². The lowest BCUT2D eigenvalue weighted by atomic mass is 9.98. The molecule has 3 aromatic rings. The fraction of sp³-hybridized carbons (Fsp3) is 0.310. The highest BCUT2D eigenvalue weighted by molar-refractivity contribution is 5.76. The fourth-order valence-electron chi connectivity index (χ4n) is 4.98. The highest BCUT2D eigenvalue weighted by Crippen LogP contribution is 2.34. The van der Waals surface area contributed by atoms with Crippen molar-refractivity contribution >= 4 is 5.57 Å². The number of ether oxygens (including phenoxy) is 4. The van der Waals surface area contributed by atoms with Crippen LogP contribution in [0.1, 0.15) is 27.8 Å². The van der Waals surface area contributed by atoms with Gasteiger partial charge in [0.25, 0.3) is 0 Å². The Bertz CT molecular complexity index is 1250. The van der Waals surface area contributed by atoms with Crippen LogP contribution in [-0.4, -0.2) is 33.2 Å². The maximum absolute atomic E-state index is 5.49. The van der Waals surface area contributed by atoms with Crippen molar-refractivity contribution in [1.82, 2.24) is 10.6 Å². The fourth-order valence-corrected chi connectivity index (χ4v) is 4.98. The summed E-state index contributed by atoms with van der Waals surface area (Å²) < 4.78 is 21.8. The van der Waals surface area contributed by atoms with Gasteiger partial charge in [-0.3, -0.25) is 0 Å². The Balaban J connectivity index is 0.999. The number of hydrogen-bond donors (Lipinski definition) is 2. The zero-order chi connectivity index (χ0) is 23.5. The van der Waals surface area contributed by atoms with Crippen molar-refractivity contribution in [2.75, 3.05) is 33.2 Å². The molecule has 35 heavy (non-hydrogen) atoms. The molecule has 0 amide bonds. The molecule has 0 radical (unpaired) electrons. The van der Waals surface area contributed by atoms with E-state index in [0.29, 0.717) is 13.6 Å². The third kappa shape index (κ3) is 4.85. The Morgan fingerprint density at radius 1 is 0.657 bits per heavy atom. The van der Waals surface area contributed by atoms with Crippen LogP contribution in [0.4, 0.5) is 0 Å². The Morgan fingerprint density at radius 3 is 1.97 bits per heavy atom. The number of hydrogen-bond acceptors (Lipinski definition) is 6. The van der Waals surface area contributed by atoms with Gasteiger partial charge in [0.2, 0.25) is 13.6 Å². The minimum atomic E-state index is 0.319. The number of fused-ring (bicyclic) bond motifs is 3. The normalized spacial score (nSPS) is 14.8. The number of allylic oxidation sites excluding steroid dienone is 1. The van der Waals surface area contributed by atoms with E-state index in [4.69, 9.17) is 18.9 Å². The summed E-state index contributed by atoms with van der Waals surface area (Å²) in [5.41, 5.74) is 8.13. The first-order valence-electron chi connectivity index (χ1n) is 12.3. The average molecular weight is 471 g/mol. The van der Waals surface area contributed by atoms with E-state index in [2.05, 4.69) is 59.2 Å². The third-order valence-corrected chi connectivity index (χ3v) is 6.81. The van der Waals surface area contributed by atoms with Gasteiger partial charge in [0.1, 0.15) is 0 Å². The quantitative estimate of drug-likeness (QED) is 0.432. The predicted octanol–water partition coefficient (Wildman–Crippen LogP) is 4.25. The van der Waals surface area contributed by atoms with Crippen LogP contribution >= 0.6 is 0 Å². The summed E-state index contributed by atoms with van der Waals surface area (Å²) in [5.74, 6) is 3.38. The molecule has 0 unspecified atom stereocenters. The third-order valence-electron chi connectivity index (χ3n) is 6.81. The molecule has 0 aromatic heterocycles. The summed E-state index contributed by atoms with van der Waals surface area (Å²) in [6, 6.07) is 19.1. The van der Waals surface area contributed by atoms with Crippen molar-refractivity contribution in [3.63, 3.8) is 0 Å². The van der Waals surface area contributed by atoms with Crippen LogP contribution in [-0.2, 0) is 25.8 Å². The van der Waals surface area contributed by atoms with Crippen LogP contribution in [0.5, 0.6) is 23.0 Å². The molecule has 0 spiro atoms. The van der Waals surface area contributed by atoms with E-state index in [1.165, 1.54) is 33.4 Å². The Labute approximate surface area is 205 Å². The molecule has 0 fully saturated rings. The highest BCUT2D eigenvalue weighted by Gasteiger charge is 2.18. The SMILES string of the molecule is C1=C(CNCCc2ccc3c(c2)OCO3)c2c(cccc2CNCCc2ccc3c(c2)OCO3)C1. The van der Waals surface area contributed by atoms with Gasteiger partial charge in [-0.1, -0.05) is 36.4 Å². The van der Waals surface area contributed by atoms with Crippen molar-refractivity contribution in [3.8, 4) is 23.0 Å². The summed E-state index contributed by atoms with van der Waals surface area (Å²) in [6.45, 7) is 4.21. The van der Waals surface area contributed by atoms with Gasteiger partial charge in [-0.05, 0) is 90.0 Å². The smallest absolute Gasteiger partial charge is 0.231 e. The van der Waals surface area contributed by atoms with Gasteiger partial charge in [0.05, 0.1) is 0 Å². The first-order chi connectivity index (χ1) is 17.3. The summed E-state index contributed by atoms with van der Waals surface area (Å²) in [4.78, 5) is 0. The minimum Gasteiger partial charge on any atom is -0.454 e. The standard InChI is InChI=1S/C29H30N2O4/c1-2-22-6-7-24(17-31-13-11-21-5-9-26-28(15-21)35-19-33-26)29(22)23(3-1)16-30-12-10-20-4-8-25-27(14-20)34-18-32-25/h1-5,7-9,14-15,30-31H,6,10-13,16-19H2. The first-order valence-corrected chi connectivity index (χ1v) is 12.3. The van der Waals surface area contributed by atoms with Crippen LogP contribution in [0.3, 0.4) is 0 Å². The molecule has 6 nitrogen and oxygen atoms in total. The van der Waals surface area contributed by atoms with Crippen LogP contribution in [0.2, 0.25) is 0 Å². The van der Waals surface area contributed by atoms with Gasteiger partial charge < -0.3 is 29.6 Å². The van der Waals surface area contributed by atoms with Crippen LogP contribution in [0, 0.1) is 0 Å². The van der Waals surface area contributed by atoms with Crippen molar-refractivity contribution < 1.29 is 18.9 Å². The summed E-state index contributed by atoms with van der Waals surface area (Å²) >= 11 is 0. The number of nitrogens with one attached hydrogen (secondary N) is 2. The second-order valence-electron chi connectivity index (χ2n) is 9.11. The number of rotatable bonds is 10. The zero-order valence-corrected chi connectivity index (χ0v) is 19.8. The molecular weight excluding hydrogens is 440 g/mol. The average Bonchev–Trinajstić information content (AvgIpc) is 3.63. The molecular formula is C29H30N2O4. The van der Waals surface area contributed by atoms with E-state index >= 15 is 0 Å². The second kappa shape index (κ2) is 10.0. The Morgan fingerprint density at radius 2 is 1.29 bits per heavy atom. The lowest BCUT2D eigenvalue weighted by Crippen LogP contribution is -2.21. The molecule has 0 bridgehead atoms. The van der Waals surface area contributed by atoms with Crippen LogP contribution < -0.4 is 29.6 Å². The molecule has 6 rings (SSSR count). The molecule has 0 atom stereocenters. The van der Waals surface area contributed by atoms with Gasteiger partial charge in [-0.2, -0.15) is 0 Å². The van der Waals surface area contributed by atoms with Crippen molar-refractivity contribution in [2.45, 2.75) is 25.8 Å². The first kappa shape index (κ1) is 22.0. The van der Waals surface area contributed by atoms with E-state index in [-0.39, 0.29) is 0 Å². The molecule has 3 aliphatic rings. The van der Waals surface area contributed by atoms with E-state index in [0.717, 1.165) is 68.4 Å². The molecule has 6 heteroatoms. The van der Waals surface area contributed by atoms with E-state index < -0.39 is 0 Å². The monoisotopic (exact) mass is 470 g/mol. The second-order valence-corrected chi connectivity index (χ2v) is 9.11. The molecule has 180 valence electrons. The molecule has 3 aromatic carbocycles. The highest BCUT2D eigenvalue weighted by atomic mass is 16.7. The van der Waals surface area contributed by atoms with Crippen molar-refractivity contribution in [3.05, 3.63) is 88.5 Å². The van der Waals surface area contributed by atoms with Gasteiger partial charge in [-0.25, -0.2) is 0 Å². The summed E-state index contributed by atoms with van der Waals surface area (Å²) in [6.07, 6.45) is 5.30. The van der Waals surface area contributed by atoms with Gasteiger partial charge in [0.15, 0.2) is 23.0 Å². The summed E-state index contributed by atoms with van der Waals surface area (Å²) in [7, 11) is 0. The van der Waals surface area contributed by atoms with E-state index in [9.17, 15) is 0 Å². The lowest BCUT2D eigenvalue weighted by molar-refractivity contribution is 0.173. The molecule has 2 N–H and O–H groups in total. The number of benzene rings is 3. The summed E-state index contributed by atoms with van der Waals surface area (Å²) in [5, 5.41) is 7.27. The largest absolute Gasteiger partial charge is 0.454 e. The van der Waals surface area contributed by atoms with Crippen LogP contribution in [0.25, 0.3) is 5.57 Å². The van der Waals surface area contributed by atoms with Gasteiger partial charge >= 0.3 is 0 Å². The van der Waals surface area contributed by atoms with Gasteiger partial charge in [-0.15, -0.1) is 0 Å². The van der Waals surface area contributed by atoms with Crippen LogP contribution in [0.15, 0.2) is 60.7 Å². The molecule has 0 saturated carbocycles. The van der Waals surface area contributed by atoms with Gasteiger partial charge in [0, 0.05) is 13.1 Å². The maximum Gasteiger partial charge on any atom is 0.231 e. The van der Waals surface area contributed by atoms with E-state index in [1.54, 1.807) is 0 Å². The molecule has 2 heterocycles. The molecule has 0 saturated heterocycles. The maximum atomic E-state index is 5.49. The topological polar surface area (TPSA) is 61.0 Å². The molecule has 2 aliphatic heterocycles.